The highest BCUT2D eigenvalue weighted by molar-refractivity contribution is 9.10. The number of aryl methyl sites for hydroxylation is 2. The van der Waals surface area contributed by atoms with Crippen LogP contribution < -0.4 is 4.90 Å². The molecule has 0 atom stereocenters. The van der Waals surface area contributed by atoms with Crippen molar-refractivity contribution in [2.75, 3.05) is 11.4 Å². The van der Waals surface area contributed by atoms with Crippen molar-refractivity contribution < 1.29 is 0 Å². The lowest BCUT2D eigenvalue weighted by atomic mass is 9.99. The van der Waals surface area contributed by atoms with Crippen molar-refractivity contribution in [2.24, 2.45) is 0 Å². The third-order valence-electron chi connectivity index (χ3n) is 3.66. The highest BCUT2D eigenvalue weighted by Crippen LogP contribution is 2.35. The van der Waals surface area contributed by atoms with Crippen LogP contribution in [-0.4, -0.2) is 11.5 Å². The fraction of sp³-hybridized carbons (Fsp3) is 0.312. The summed E-state index contributed by atoms with van der Waals surface area (Å²) < 4.78 is 0.970. The number of pyridine rings is 1. The lowest BCUT2D eigenvalue weighted by Gasteiger charge is -2.32. The van der Waals surface area contributed by atoms with E-state index < -0.39 is 0 Å². The van der Waals surface area contributed by atoms with Gasteiger partial charge in [-0.1, -0.05) is 17.7 Å². The molecule has 0 bridgehead atoms. The number of halogens is 2. The molecule has 1 aromatic heterocycles. The summed E-state index contributed by atoms with van der Waals surface area (Å²) in [6, 6.07) is 8.69. The van der Waals surface area contributed by atoms with Gasteiger partial charge in [0.25, 0.3) is 0 Å². The zero-order valence-electron chi connectivity index (χ0n) is 11.4. The van der Waals surface area contributed by atoms with Crippen molar-refractivity contribution in [3.8, 4) is 0 Å². The summed E-state index contributed by atoms with van der Waals surface area (Å²) in [5.41, 5.74) is 5.05. The van der Waals surface area contributed by atoms with Gasteiger partial charge in [0, 0.05) is 28.5 Å². The molecule has 0 N–H and O–H groups in total. The SMILES string of the molecule is Cc1ccc2c(c1)CCCN2c1ncc(Br)cc1CCl. The van der Waals surface area contributed by atoms with Gasteiger partial charge in [0.1, 0.15) is 5.82 Å². The van der Waals surface area contributed by atoms with E-state index >= 15 is 0 Å². The molecule has 1 aliphatic rings. The molecular formula is C16H16BrClN2. The van der Waals surface area contributed by atoms with E-state index in [0.29, 0.717) is 5.88 Å². The molecule has 1 aromatic carbocycles. The monoisotopic (exact) mass is 350 g/mol. The number of hydrogen-bond acceptors (Lipinski definition) is 2. The van der Waals surface area contributed by atoms with E-state index in [9.17, 15) is 0 Å². The Labute approximate surface area is 132 Å². The molecule has 0 radical (unpaired) electrons. The van der Waals surface area contributed by atoms with Crippen LogP contribution in [0.2, 0.25) is 0 Å². The van der Waals surface area contributed by atoms with Crippen LogP contribution in [0.1, 0.15) is 23.1 Å². The van der Waals surface area contributed by atoms with Crippen LogP contribution in [-0.2, 0) is 12.3 Å². The second-order valence-corrected chi connectivity index (χ2v) is 6.34. The van der Waals surface area contributed by atoms with E-state index in [2.05, 4.69) is 57.0 Å². The summed E-state index contributed by atoms with van der Waals surface area (Å²) in [4.78, 5) is 6.88. The molecule has 0 spiro atoms. The Morgan fingerprint density at radius 3 is 3.00 bits per heavy atom. The highest BCUT2D eigenvalue weighted by Gasteiger charge is 2.21. The zero-order chi connectivity index (χ0) is 14.1. The minimum absolute atomic E-state index is 0.472. The minimum atomic E-state index is 0.472. The van der Waals surface area contributed by atoms with Crippen molar-refractivity contribution in [1.82, 2.24) is 4.98 Å². The summed E-state index contributed by atoms with van der Waals surface area (Å²) >= 11 is 9.55. The Morgan fingerprint density at radius 1 is 1.35 bits per heavy atom. The number of hydrogen-bond donors (Lipinski definition) is 0. The standard InChI is InChI=1S/C16H16BrClN2/c1-11-4-5-15-12(7-11)3-2-6-20(15)16-13(9-18)8-14(17)10-19-16/h4-5,7-8,10H,2-3,6,9H2,1H3. The zero-order valence-corrected chi connectivity index (χ0v) is 13.7. The molecule has 3 rings (SSSR count). The molecule has 0 amide bonds. The van der Waals surface area contributed by atoms with Gasteiger partial charge in [-0.25, -0.2) is 4.98 Å². The van der Waals surface area contributed by atoms with Crippen molar-refractivity contribution in [3.63, 3.8) is 0 Å². The molecule has 104 valence electrons. The van der Waals surface area contributed by atoms with E-state index in [1.165, 1.54) is 16.8 Å². The van der Waals surface area contributed by atoms with Crippen molar-refractivity contribution >= 4 is 39.0 Å². The van der Waals surface area contributed by atoms with Gasteiger partial charge in [-0.15, -0.1) is 11.6 Å². The Hall–Kier alpha value is -1.06. The Morgan fingerprint density at radius 2 is 2.20 bits per heavy atom. The first-order valence-corrected chi connectivity index (χ1v) is 8.09. The van der Waals surface area contributed by atoms with Crippen LogP contribution in [0.25, 0.3) is 0 Å². The molecule has 2 aromatic rings. The highest BCUT2D eigenvalue weighted by atomic mass is 79.9. The average molecular weight is 352 g/mol. The summed E-state index contributed by atoms with van der Waals surface area (Å²) in [6.45, 7) is 3.13. The normalized spacial score (nSPS) is 14.2. The first kappa shape index (κ1) is 13.9. The van der Waals surface area contributed by atoms with Crippen LogP contribution >= 0.6 is 27.5 Å². The molecule has 0 saturated carbocycles. The third kappa shape index (κ3) is 2.57. The molecule has 0 aliphatic carbocycles. The van der Waals surface area contributed by atoms with Crippen LogP contribution in [0.4, 0.5) is 11.5 Å². The predicted octanol–water partition coefficient (Wildman–Crippen LogP) is 4.98. The molecule has 2 nitrogen and oxygen atoms in total. The van der Waals surface area contributed by atoms with Crippen molar-refractivity contribution in [3.05, 3.63) is 51.6 Å². The van der Waals surface area contributed by atoms with Gasteiger partial charge >= 0.3 is 0 Å². The van der Waals surface area contributed by atoms with Crippen LogP contribution in [0, 0.1) is 6.92 Å². The fourth-order valence-corrected chi connectivity index (χ4v) is 3.34. The topological polar surface area (TPSA) is 16.1 Å². The second kappa shape index (κ2) is 5.74. The molecule has 0 unspecified atom stereocenters. The molecule has 0 fully saturated rings. The van der Waals surface area contributed by atoms with Crippen LogP contribution in [0.15, 0.2) is 34.9 Å². The third-order valence-corrected chi connectivity index (χ3v) is 4.38. The minimum Gasteiger partial charge on any atom is -0.326 e. The average Bonchev–Trinajstić information content (AvgIpc) is 2.46. The van der Waals surface area contributed by atoms with E-state index in [0.717, 1.165) is 35.2 Å². The molecular weight excluding hydrogens is 336 g/mol. The maximum Gasteiger partial charge on any atom is 0.137 e. The maximum atomic E-state index is 6.09. The maximum absolute atomic E-state index is 6.09. The molecule has 0 saturated heterocycles. The van der Waals surface area contributed by atoms with Gasteiger partial charge in [-0.3, -0.25) is 0 Å². The van der Waals surface area contributed by atoms with Gasteiger partial charge in [-0.2, -0.15) is 0 Å². The van der Waals surface area contributed by atoms with Gasteiger partial charge in [0.2, 0.25) is 0 Å². The number of anilines is 2. The van der Waals surface area contributed by atoms with Gasteiger partial charge in [0.15, 0.2) is 0 Å². The number of nitrogens with zero attached hydrogens (tertiary/aromatic N) is 2. The molecule has 20 heavy (non-hydrogen) atoms. The van der Waals surface area contributed by atoms with Gasteiger partial charge in [0.05, 0.1) is 5.88 Å². The molecule has 4 heteroatoms. The van der Waals surface area contributed by atoms with E-state index in [4.69, 9.17) is 11.6 Å². The lowest BCUT2D eigenvalue weighted by molar-refractivity contribution is 0.756. The van der Waals surface area contributed by atoms with Gasteiger partial charge in [-0.05, 0) is 53.4 Å². The fourth-order valence-electron chi connectivity index (χ4n) is 2.76. The Bertz CT molecular complexity index is 642. The van der Waals surface area contributed by atoms with Crippen molar-refractivity contribution in [1.29, 1.82) is 0 Å². The van der Waals surface area contributed by atoms with Crippen LogP contribution in [0.3, 0.4) is 0 Å². The molecule has 1 aliphatic heterocycles. The van der Waals surface area contributed by atoms with Crippen LogP contribution in [0.5, 0.6) is 0 Å². The summed E-state index contributed by atoms with van der Waals surface area (Å²) in [7, 11) is 0. The number of alkyl halides is 1. The van der Waals surface area contributed by atoms with E-state index in [1.54, 1.807) is 0 Å². The first-order chi connectivity index (χ1) is 9.69. The quantitative estimate of drug-likeness (QED) is 0.710. The number of fused-ring (bicyclic) bond motifs is 1. The summed E-state index contributed by atoms with van der Waals surface area (Å²) in [5.74, 6) is 1.45. The largest absolute Gasteiger partial charge is 0.326 e. The number of rotatable bonds is 2. The lowest BCUT2D eigenvalue weighted by Crippen LogP contribution is -2.26. The molecule has 2 heterocycles. The second-order valence-electron chi connectivity index (χ2n) is 5.16. The van der Waals surface area contributed by atoms with E-state index in [-0.39, 0.29) is 0 Å². The first-order valence-electron chi connectivity index (χ1n) is 6.76. The Balaban J connectivity index is 2.09. The summed E-state index contributed by atoms with van der Waals surface area (Å²) in [5, 5.41) is 0. The number of benzene rings is 1. The summed E-state index contributed by atoms with van der Waals surface area (Å²) in [6.07, 6.45) is 4.13. The predicted molar refractivity (Wildman–Crippen MR) is 88.0 cm³/mol. The number of aromatic nitrogens is 1. The van der Waals surface area contributed by atoms with Crippen molar-refractivity contribution in [2.45, 2.75) is 25.6 Å². The van der Waals surface area contributed by atoms with E-state index in [1.807, 2.05) is 6.20 Å². The Kier molecular flexibility index (Phi) is 3.99. The smallest absolute Gasteiger partial charge is 0.137 e. The van der Waals surface area contributed by atoms with Gasteiger partial charge < -0.3 is 4.90 Å².